The van der Waals surface area contributed by atoms with Crippen LogP contribution in [0.15, 0.2) is 84.9 Å². The molecule has 178 valence electrons. The smallest absolute Gasteiger partial charge is 0.622 e. The van der Waals surface area contributed by atoms with Crippen LogP contribution in [0.2, 0.25) is 0 Å². The van der Waals surface area contributed by atoms with E-state index in [0.717, 1.165) is 32.9 Å². The van der Waals surface area contributed by atoms with E-state index in [1.807, 2.05) is 84.9 Å². The Labute approximate surface area is 226 Å². The molecule has 7 heteroatoms. The van der Waals surface area contributed by atoms with Crippen LogP contribution in [0.3, 0.4) is 0 Å². The topological polar surface area (TPSA) is 88.1 Å². The summed E-state index contributed by atoms with van der Waals surface area (Å²) in [6.07, 6.45) is 3.65. The molecule has 2 aromatic heterocycles. The van der Waals surface area contributed by atoms with Gasteiger partial charge in [-0.25, -0.2) is 9.97 Å². The van der Waals surface area contributed by atoms with Gasteiger partial charge < -0.3 is 20.2 Å². The first-order chi connectivity index (χ1) is 17.6. The van der Waals surface area contributed by atoms with Crippen LogP contribution in [-0.2, 0) is 21.1 Å². The third-order valence-electron chi connectivity index (χ3n) is 6.44. The summed E-state index contributed by atoms with van der Waals surface area (Å²) in [6, 6.07) is 26.6. The van der Waals surface area contributed by atoms with Gasteiger partial charge in [-0.3, -0.25) is 0 Å². The van der Waals surface area contributed by atoms with Gasteiger partial charge in [0.25, 0.3) is 0 Å². The molecule has 0 saturated carbocycles. The van der Waals surface area contributed by atoms with Crippen molar-refractivity contribution in [1.29, 1.82) is 0 Å². The Bertz CT molecular complexity index is 1710. The van der Waals surface area contributed by atoms with Gasteiger partial charge in [-0.15, -0.1) is 11.4 Å². The van der Waals surface area contributed by atoms with Gasteiger partial charge in [-0.05, 0) is 23.3 Å². The molecule has 5 aromatic rings. The van der Waals surface area contributed by atoms with Crippen LogP contribution in [0.5, 0.6) is 0 Å². The first kappa shape index (κ1) is 23.0. The Morgan fingerprint density at radius 3 is 1.32 bits per heavy atom. The van der Waals surface area contributed by atoms with Crippen molar-refractivity contribution in [3.8, 4) is 0 Å². The summed E-state index contributed by atoms with van der Waals surface area (Å²) in [5.41, 5.74) is 6.91. The zero-order valence-electron chi connectivity index (χ0n) is 19.2. The molecule has 3 aromatic carbocycles. The molecule has 0 aliphatic carbocycles. The summed E-state index contributed by atoms with van der Waals surface area (Å²) < 4.78 is 0. The van der Waals surface area contributed by atoms with Gasteiger partial charge in [-0.1, -0.05) is 84.9 Å². The fourth-order valence-electron chi connectivity index (χ4n) is 4.70. The standard InChI is InChI=1S/C30H18N4O2.Pt/c35-29-23-7-3-1-5-21(23)25(33-29)15-19-13-11-17-9-10-18-12-14-20(32-28(18)27(17)31-19)16-26-22-6-2-4-8-24(22)30(36)34-26;/h1-16H,(H2,31,32,33,34,35,36);/q;+2/p-2. The fourth-order valence-corrected chi connectivity index (χ4v) is 4.70. The molecule has 37 heavy (non-hydrogen) atoms. The summed E-state index contributed by atoms with van der Waals surface area (Å²) in [7, 11) is 0. The van der Waals surface area contributed by atoms with Crippen molar-refractivity contribution in [3.05, 3.63) is 129 Å². The van der Waals surface area contributed by atoms with E-state index in [-0.39, 0.29) is 32.9 Å². The van der Waals surface area contributed by atoms with Crippen LogP contribution in [-0.4, -0.2) is 21.8 Å². The minimum Gasteiger partial charge on any atom is -0.622 e. The van der Waals surface area contributed by atoms with Crippen molar-refractivity contribution in [2.24, 2.45) is 0 Å². The predicted octanol–water partition coefficient (Wildman–Crippen LogP) is 6.83. The van der Waals surface area contributed by atoms with Crippen molar-refractivity contribution < 1.29 is 30.7 Å². The Kier molecular flexibility index (Phi) is 5.54. The normalized spacial score (nSPS) is 16.0. The minimum atomic E-state index is -0.236. The average molecular weight is 660 g/mol. The number of carbonyl (C=O) groups excluding carboxylic acids is 2. The molecule has 4 heterocycles. The zero-order valence-corrected chi connectivity index (χ0v) is 21.4. The number of pyridine rings is 2. The number of hydrogen-bond acceptors (Lipinski definition) is 4. The van der Waals surface area contributed by atoms with E-state index in [2.05, 4.69) is 10.6 Å². The maximum atomic E-state index is 12.3. The Morgan fingerprint density at radius 1 is 0.514 bits per heavy atom. The van der Waals surface area contributed by atoms with Crippen LogP contribution in [0, 0.1) is 0 Å². The van der Waals surface area contributed by atoms with Crippen LogP contribution < -0.4 is 0 Å². The van der Waals surface area contributed by atoms with Gasteiger partial charge in [0.15, 0.2) is 0 Å². The largest absolute Gasteiger partial charge is 2.00 e. The maximum absolute atomic E-state index is 12.3. The molecule has 0 N–H and O–H groups in total. The summed E-state index contributed by atoms with van der Waals surface area (Å²) >= 11 is 0. The quantitative estimate of drug-likeness (QED) is 0.195. The minimum absolute atomic E-state index is 0. The molecular formula is C30H16N4O2Pt. The number of rotatable bonds is 2. The van der Waals surface area contributed by atoms with Crippen molar-refractivity contribution in [3.63, 3.8) is 0 Å². The Morgan fingerprint density at radius 2 is 0.892 bits per heavy atom. The number of fused-ring (bicyclic) bond motifs is 5. The molecule has 0 atom stereocenters. The van der Waals surface area contributed by atoms with E-state index in [0.29, 0.717) is 33.9 Å². The van der Waals surface area contributed by atoms with Crippen molar-refractivity contribution in [2.75, 3.05) is 0 Å². The first-order valence-corrected chi connectivity index (χ1v) is 11.5. The molecule has 0 saturated heterocycles. The molecule has 2 aliphatic heterocycles. The summed E-state index contributed by atoms with van der Waals surface area (Å²) in [5, 5.41) is 10.3. The summed E-state index contributed by atoms with van der Waals surface area (Å²) in [4.78, 5) is 34.3. The molecule has 0 bridgehead atoms. The van der Waals surface area contributed by atoms with E-state index in [4.69, 9.17) is 9.97 Å². The number of carbonyl (C=O) groups is 2. The molecule has 6 nitrogen and oxygen atoms in total. The van der Waals surface area contributed by atoms with Crippen LogP contribution in [0.25, 0.3) is 56.0 Å². The SMILES string of the molecule is O=C1[N-]/C(=C\c2ccc3ccc4ccc(/C=C5\[N-]C(=O)c6ccccc65)nc4c3n2)c2ccccc21.[Pt+2]. The van der Waals surface area contributed by atoms with Crippen LogP contribution in [0.1, 0.15) is 43.2 Å². The van der Waals surface area contributed by atoms with Gasteiger partial charge in [0.2, 0.25) is 0 Å². The summed E-state index contributed by atoms with van der Waals surface area (Å²) in [6.45, 7) is 0. The Balaban J connectivity index is 0.00000252. The monoisotopic (exact) mass is 659 g/mol. The summed E-state index contributed by atoms with van der Waals surface area (Å²) in [5.74, 6) is -0.473. The number of amides is 2. The fraction of sp³-hybridized carbons (Fsp3) is 0. The van der Waals surface area contributed by atoms with E-state index >= 15 is 0 Å². The Hall–Kier alpha value is -4.41. The second kappa shape index (κ2) is 8.91. The maximum Gasteiger partial charge on any atom is 2.00 e. The van der Waals surface area contributed by atoms with Crippen LogP contribution in [0.4, 0.5) is 0 Å². The number of hydrogen-bond donors (Lipinski definition) is 0. The van der Waals surface area contributed by atoms with Crippen molar-refractivity contribution in [2.45, 2.75) is 0 Å². The first-order valence-electron chi connectivity index (χ1n) is 11.5. The molecule has 7 rings (SSSR count). The van der Waals surface area contributed by atoms with E-state index in [9.17, 15) is 9.59 Å². The molecule has 0 fully saturated rings. The van der Waals surface area contributed by atoms with Crippen molar-refractivity contribution in [1.82, 2.24) is 9.97 Å². The predicted molar refractivity (Wildman–Crippen MR) is 141 cm³/mol. The zero-order chi connectivity index (χ0) is 24.2. The second-order valence-corrected chi connectivity index (χ2v) is 8.67. The average Bonchev–Trinajstić information content (AvgIpc) is 3.40. The molecule has 0 unspecified atom stereocenters. The molecule has 2 aliphatic rings. The van der Waals surface area contributed by atoms with Gasteiger partial charge >= 0.3 is 21.1 Å². The third kappa shape index (κ3) is 3.86. The third-order valence-corrected chi connectivity index (χ3v) is 6.44. The van der Waals surface area contributed by atoms with E-state index in [1.54, 1.807) is 12.1 Å². The van der Waals surface area contributed by atoms with Crippen molar-refractivity contribution >= 4 is 57.2 Å². The van der Waals surface area contributed by atoms with Gasteiger partial charge in [0.05, 0.1) is 34.2 Å². The van der Waals surface area contributed by atoms with E-state index < -0.39 is 0 Å². The second-order valence-electron chi connectivity index (χ2n) is 8.67. The molecule has 2 amide bonds. The van der Waals surface area contributed by atoms with Gasteiger partial charge in [0, 0.05) is 21.9 Å². The number of aromatic nitrogens is 2. The molecular weight excluding hydrogens is 643 g/mol. The van der Waals surface area contributed by atoms with Gasteiger partial charge in [-0.2, -0.15) is 0 Å². The van der Waals surface area contributed by atoms with Gasteiger partial charge in [0.1, 0.15) is 0 Å². The molecule has 0 spiro atoms. The van der Waals surface area contributed by atoms with Crippen LogP contribution >= 0.6 is 0 Å². The van der Waals surface area contributed by atoms with E-state index in [1.165, 1.54) is 0 Å². The number of benzene rings is 3. The number of nitrogens with zero attached hydrogens (tertiary/aromatic N) is 4. The molecule has 0 radical (unpaired) electrons.